The summed E-state index contributed by atoms with van der Waals surface area (Å²) in [5.41, 5.74) is 9.71. The zero-order valence-corrected chi connectivity index (χ0v) is 25.8. The standard InChI is InChI=1S/C31H32F2N8O.C2H6/c1-18(14-34)15-38-30(19(2)31(42)40-20(3)23-10-11-26(32)27(33)13-23)39-16-21-6-8-22(9-7-21)24-12-25(28(35)37-17-24)29(36)41(4)5;1-2/h6-13,15,17,20,36H,2,16H2,1,3-5H3,(H2,35,37)(H,38,39)(H,40,42);1-2H3/b18-15+,36-29?;. The molecule has 0 fully saturated rings. The number of carbonyl (C=O) groups excluding carboxylic acids is 1. The van der Waals surface area contributed by atoms with E-state index in [2.05, 4.69) is 27.2 Å². The number of aliphatic imine (C=N–C) groups is 1. The number of aromatic nitrogens is 1. The first kappa shape index (κ1) is 34.8. The van der Waals surface area contributed by atoms with Crippen LogP contribution < -0.4 is 16.4 Å². The molecule has 0 spiro atoms. The van der Waals surface area contributed by atoms with E-state index in [0.717, 1.165) is 28.8 Å². The predicted molar refractivity (Wildman–Crippen MR) is 172 cm³/mol. The van der Waals surface area contributed by atoms with E-state index in [1.54, 1.807) is 39.0 Å². The molecule has 44 heavy (non-hydrogen) atoms. The zero-order chi connectivity index (χ0) is 33.0. The van der Waals surface area contributed by atoms with Gasteiger partial charge < -0.3 is 21.3 Å². The average molecular weight is 601 g/mol. The Balaban J connectivity index is 0.00000330. The van der Waals surface area contributed by atoms with Gasteiger partial charge >= 0.3 is 0 Å². The predicted octanol–water partition coefficient (Wildman–Crippen LogP) is 5.87. The normalized spacial score (nSPS) is 11.8. The van der Waals surface area contributed by atoms with Gasteiger partial charge in [-0.2, -0.15) is 5.26 Å². The molecule has 9 nitrogen and oxygen atoms in total. The molecule has 0 saturated carbocycles. The lowest BCUT2D eigenvalue weighted by Gasteiger charge is -2.17. The van der Waals surface area contributed by atoms with E-state index in [1.165, 1.54) is 12.3 Å². The van der Waals surface area contributed by atoms with E-state index in [1.807, 2.05) is 50.2 Å². The third kappa shape index (κ3) is 9.32. The first-order valence-electron chi connectivity index (χ1n) is 13.8. The molecule has 1 atom stereocenters. The molecule has 1 aromatic heterocycles. The second kappa shape index (κ2) is 16.3. The molecule has 5 N–H and O–H groups in total. The van der Waals surface area contributed by atoms with Crippen LogP contribution >= 0.6 is 0 Å². The van der Waals surface area contributed by atoms with Crippen LogP contribution in [0.3, 0.4) is 0 Å². The molecule has 1 amide bonds. The fraction of sp³-hybridized carbons (Fsp3) is 0.242. The molecule has 0 aliphatic carbocycles. The summed E-state index contributed by atoms with van der Waals surface area (Å²) in [5, 5.41) is 22.9. The van der Waals surface area contributed by atoms with Gasteiger partial charge in [-0.15, -0.1) is 0 Å². The van der Waals surface area contributed by atoms with Crippen LogP contribution in [0, 0.1) is 28.4 Å². The number of nitrogen functional groups attached to an aromatic ring is 1. The molecule has 0 radical (unpaired) electrons. The molecule has 0 aliphatic rings. The summed E-state index contributed by atoms with van der Waals surface area (Å²) < 4.78 is 27.0. The number of halogens is 2. The summed E-state index contributed by atoms with van der Waals surface area (Å²) in [4.78, 5) is 23.4. The van der Waals surface area contributed by atoms with Crippen molar-refractivity contribution in [3.05, 3.63) is 107 Å². The van der Waals surface area contributed by atoms with E-state index >= 15 is 0 Å². The maximum absolute atomic E-state index is 13.7. The van der Waals surface area contributed by atoms with E-state index in [9.17, 15) is 13.6 Å². The second-order valence-electron chi connectivity index (χ2n) is 9.69. The molecule has 3 rings (SSSR count). The number of hydrogen-bond donors (Lipinski definition) is 4. The van der Waals surface area contributed by atoms with Crippen LogP contribution in [0.2, 0.25) is 0 Å². The third-order valence-electron chi connectivity index (χ3n) is 6.28. The quantitative estimate of drug-likeness (QED) is 0.105. The van der Waals surface area contributed by atoms with Crippen LogP contribution in [-0.2, 0) is 11.3 Å². The fourth-order valence-corrected chi connectivity index (χ4v) is 3.73. The minimum Gasteiger partial charge on any atom is -0.383 e. The van der Waals surface area contributed by atoms with Crippen molar-refractivity contribution >= 4 is 23.4 Å². The number of carbonyl (C=O) groups is 1. The van der Waals surface area contributed by atoms with Crippen LogP contribution in [0.5, 0.6) is 0 Å². The van der Waals surface area contributed by atoms with E-state index in [0.29, 0.717) is 16.7 Å². The van der Waals surface area contributed by atoms with Crippen molar-refractivity contribution in [2.75, 3.05) is 19.8 Å². The Morgan fingerprint density at radius 2 is 1.82 bits per heavy atom. The van der Waals surface area contributed by atoms with Crippen molar-refractivity contribution in [3.63, 3.8) is 0 Å². The number of allylic oxidation sites excluding steroid dienone is 1. The van der Waals surface area contributed by atoms with Gasteiger partial charge in [0.2, 0.25) is 0 Å². The zero-order valence-electron chi connectivity index (χ0n) is 25.8. The van der Waals surface area contributed by atoms with Gasteiger partial charge in [-0.25, -0.2) is 13.8 Å². The van der Waals surface area contributed by atoms with Gasteiger partial charge in [-0.3, -0.25) is 15.2 Å². The van der Waals surface area contributed by atoms with Gasteiger partial charge in [0, 0.05) is 37.6 Å². The highest BCUT2D eigenvalue weighted by Crippen LogP contribution is 2.23. The lowest BCUT2D eigenvalue weighted by molar-refractivity contribution is -0.117. The molecular formula is C33H38F2N8O. The summed E-state index contributed by atoms with van der Waals surface area (Å²) >= 11 is 0. The van der Waals surface area contributed by atoms with E-state index in [4.69, 9.17) is 16.4 Å². The molecule has 11 heteroatoms. The second-order valence-corrected chi connectivity index (χ2v) is 9.69. The molecular weight excluding hydrogens is 562 g/mol. The Morgan fingerprint density at radius 1 is 1.16 bits per heavy atom. The van der Waals surface area contributed by atoms with Crippen molar-refractivity contribution in [3.8, 4) is 17.2 Å². The van der Waals surface area contributed by atoms with Crippen molar-refractivity contribution < 1.29 is 13.6 Å². The SMILES string of the molecule is C=C(C(=O)NC(C)c1ccc(F)c(F)c1)C(=NCc1ccc(-c2cnc(N)c(C(=N)N(C)C)c2)cc1)N/C=C(\C)C#N.CC. The van der Waals surface area contributed by atoms with E-state index in [-0.39, 0.29) is 29.6 Å². The highest BCUT2D eigenvalue weighted by Gasteiger charge is 2.18. The molecule has 230 valence electrons. The minimum atomic E-state index is -1.01. The van der Waals surface area contributed by atoms with Gasteiger partial charge in [-0.1, -0.05) is 50.8 Å². The Hall–Kier alpha value is -5.37. The highest BCUT2D eigenvalue weighted by molar-refractivity contribution is 6.20. The first-order valence-corrected chi connectivity index (χ1v) is 13.8. The molecule has 0 bridgehead atoms. The maximum atomic E-state index is 13.7. The fourth-order valence-electron chi connectivity index (χ4n) is 3.73. The first-order chi connectivity index (χ1) is 20.9. The van der Waals surface area contributed by atoms with Crippen molar-refractivity contribution in [2.45, 2.75) is 40.3 Å². The number of rotatable bonds is 9. The summed E-state index contributed by atoms with van der Waals surface area (Å²) in [6.07, 6.45) is 3.06. The number of benzene rings is 2. The molecule has 0 aliphatic heterocycles. The smallest absolute Gasteiger partial charge is 0.254 e. The Kier molecular flexibility index (Phi) is 12.9. The maximum Gasteiger partial charge on any atom is 0.254 e. The number of nitrogens with one attached hydrogen (secondary N) is 3. The van der Waals surface area contributed by atoms with Gasteiger partial charge in [0.05, 0.1) is 29.8 Å². The summed E-state index contributed by atoms with van der Waals surface area (Å²) in [6.45, 7) is 11.3. The third-order valence-corrected chi connectivity index (χ3v) is 6.28. The highest BCUT2D eigenvalue weighted by atomic mass is 19.2. The van der Waals surface area contributed by atoms with Crippen molar-refractivity contribution in [2.24, 2.45) is 4.99 Å². The number of nitriles is 1. The molecule has 2 aromatic carbocycles. The van der Waals surface area contributed by atoms with Crippen LogP contribution in [0.4, 0.5) is 14.6 Å². The number of amides is 1. The summed E-state index contributed by atoms with van der Waals surface area (Å²) in [6, 6.07) is 14.1. The largest absolute Gasteiger partial charge is 0.383 e. The lowest BCUT2D eigenvalue weighted by Crippen LogP contribution is -2.34. The number of amidine groups is 2. The minimum absolute atomic E-state index is 0.00754. The summed E-state index contributed by atoms with van der Waals surface area (Å²) in [5.74, 6) is -1.91. The van der Waals surface area contributed by atoms with Crippen LogP contribution in [0.15, 0.2) is 83.6 Å². The Labute approximate surface area is 257 Å². The van der Waals surface area contributed by atoms with E-state index < -0.39 is 23.6 Å². The van der Waals surface area contributed by atoms with Gasteiger partial charge in [0.1, 0.15) is 17.5 Å². The average Bonchev–Trinajstić information content (AvgIpc) is 3.02. The van der Waals surface area contributed by atoms with Crippen molar-refractivity contribution in [1.29, 1.82) is 10.7 Å². The number of nitrogens with two attached hydrogens (primary N) is 1. The molecule has 1 unspecified atom stereocenters. The number of hydrogen-bond acceptors (Lipinski definition) is 6. The monoisotopic (exact) mass is 600 g/mol. The molecule has 3 aromatic rings. The lowest BCUT2D eigenvalue weighted by atomic mass is 10.0. The number of nitrogens with zero attached hydrogens (tertiary/aromatic N) is 4. The molecule has 0 saturated heterocycles. The number of pyridine rings is 1. The van der Waals surface area contributed by atoms with Crippen LogP contribution in [-0.4, -0.2) is 41.6 Å². The van der Waals surface area contributed by atoms with Gasteiger partial charge in [0.15, 0.2) is 11.6 Å². The Bertz CT molecular complexity index is 1600. The van der Waals surface area contributed by atoms with Gasteiger partial charge in [-0.05, 0) is 48.7 Å². The summed E-state index contributed by atoms with van der Waals surface area (Å²) in [7, 11) is 3.52. The van der Waals surface area contributed by atoms with Crippen LogP contribution in [0.1, 0.15) is 50.4 Å². The van der Waals surface area contributed by atoms with Crippen LogP contribution in [0.25, 0.3) is 11.1 Å². The van der Waals surface area contributed by atoms with Crippen molar-refractivity contribution in [1.82, 2.24) is 20.5 Å². The molecule has 1 heterocycles. The number of anilines is 1. The Morgan fingerprint density at radius 3 is 2.41 bits per heavy atom. The topological polar surface area (TPSA) is 143 Å². The van der Waals surface area contributed by atoms with Gasteiger partial charge in [0.25, 0.3) is 5.91 Å².